The van der Waals surface area contributed by atoms with Crippen molar-refractivity contribution in [2.75, 3.05) is 32.0 Å². The number of benzene rings is 3. The second-order valence-electron chi connectivity index (χ2n) is 7.42. The first-order valence-electron chi connectivity index (χ1n) is 9.95. The lowest BCUT2D eigenvalue weighted by Crippen LogP contribution is -2.20. The molecule has 2 amide bonds. The predicted octanol–water partition coefficient (Wildman–Crippen LogP) is 6.37. The van der Waals surface area contributed by atoms with Crippen molar-refractivity contribution in [3.8, 4) is 17.2 Å². The molecule has 0 radical (unpaired) electrons. The molecule has 0 aliphatic carbocycles. The number of hydrogen-bond acceptors (Lipinski definition) is 4. The van der Waals surface area contributed by atoms with Crippen molar-refractivity contribution in [2.24, 2.45) is 0 Å². The van der Waals surface area contributed by atoms with E-state index < -0.39 is 0 Å². The van der Waals surface area contributed by atoms with Crippen LogP contribution in [0.4, 0.5) is 16.2 Å². The average molecular weight is 498 g/mol. The lowest BCUT2D eigenvalue weighted by atomic mass is 10.0. The number of methoxy groups -OCH3 is 3. The minimum atomic E-state index is -0.373. The molecule has 1 aromatic heterocycles. The highest BCUT2D eigenvalue weighted by Crippen LogP contribution is 2.40. The Morgan fingerprint density at radius 2 is 1.62 bits per heavy atom. The molecule has 4 rings (SSSR count). The Labute approximate surface area is 194 Å². The minimum absolute atomic E-state index is 0.373. The smallest absolute Gasteiger partial charge is 0.323 e. The SMILES string of the molecule is COc1cc(NC(=O)Nc2cc(C)c3[nH]c4ccc(Br)cc4c3c2C)cc(OC)c1OC. The van der Waals surface area contributed by atoms with Crippen LogP contribution >= 0.6 is 15.9 Å². The third-order valence-electron chi connectivity index (χ3n) is 5.47. The van der Waals surface area contributed by atoms with Gasteiger partial charge in [-0.1, -0.05) is 15.9 Å². The van der Waals surface area contributed by atoms with E-state index in [2.05, 4.69) is 37.6 Å². The Hall–Kier alpha value is -3.39. The monoisotopic (exact) mass is 497 g/mol. The number of aromatic nitrogens is 1. The number of aryl methyl sites for hydroxylation is 2. The molecule has 3 N–H and O–H groups in total. The van der Waals surface area contributed by atoms with E-state index >= 15 is 0 Å². The largest absolute Gasteiger partial charge is 0.493 e. The second-order valence-corrected chi connectivity index (χ2v) is 8.34. The normalized spacial score (nSPS) is 10.9. The highest BCUT2D eigenvalue weighted by Gasteiger charge is 2.17. The summed E-state index contributed by atoms with van der Waals surface area (Å²) in [5.41, 5.74) is 5.39. The van der Waals surface area contributed by atoms with Gasteiger partial charge < -0.3 is 29.8 Å². The molecular weight excluding hydrogens is 474 g/mol. The minimum Gasteiger partial charge on any atom is -0.493 e. The zero-order chi connectivity index (χ0) is 23.0. The van der Waals surface area contributed by atoms with Gasteiger partial charge in [-0.15, -0.1) is 0 Å². The summed E-state index contributed by atoms with van der Waals surface area (Å²) in [6.07, 6.45) is 0. The molecule has 32 heavy (non-hydrogen) atoms. The van der Waals surface area contributed by atoms with Crippen molar-refractivity contribution in [3.63, 3.8) is 0 Å². The Morgan fingerprint density at radius 3 is 2.25 bits per heavy atom. The number of rotatable bonds is 5. The van der Waals surface area contributed by atoms with Crippen LogP contribution in [0.1, 0.15) is 11.1 Å². The number of urea groups is 1. The fraction of sp³-hybridized carbons (Fsp3) is 0.208. The highest BCUT2D eigenvalue weighted by molar-refractivity contribution is 9.10. The van der Waals surface area contributed by atoms with E-state index in [1.54, 1.807) is 12.1 Å². The molecule has 3 aromatic carbocycles. The summed E-state index contributed by atoms with van der Waals surface area (Å²) in [5, 5.41) is 8.01. The van der Waals surface area contributed by atoms with Gasteiger partial charge in [0.05, 0.1) is 27.0 Å². The molecule has 0 spiro atoms. The predicted molar refractivity (Wildman–Crippen MR) is 132 cm³/mol. The molecule has 4 aromatic rings. The number of carbonyl (C=O) groups is 1. The van der Waals surface area contributed by atoms with Gasteiger partial charge in [0.1, 0.15) is 0 Å². The van der Waals surface area contributed by atoms with Crippen LogP contribution in [0.25, 0.3) is 21.8 Å². The maximum atomic E-state index is 12.8. The number of fused-ring (bicyclic) bond motifs is 3. The molecule has 0 saturated heterocycles. The molecule has 0 unspecified atom stereocenters. The first kappa shape index (κ1) is 21.8. The third kappa shape index (κ3) is 3.82. The van der Waals surface area contributed by atoms with Crippen LogP contribution < -0.4 is 24.8 Å². The maximum absolute atomic E-state index is 12.8. The van der Waals surface area contributed by atoms with Crippen LogP contribution in [0, 0.1) is 13.8 Å². The Morgan fingerprint density at radius 1 is 0.938 bits per heavy atom. The molecule has 166 valence electrons. The van der Waals surface area contributed by atoms with Gasteiger partial charge in [0.2, 0.25) is 5.75 Å². The third-order valence-corrected chi connectivity index (χ3v) is 5.96. The van der Waals surface area contributed by atoms with Gasteiger partial charge in [0.15, 0.2) is 11.5 Å². The van der Waals surface area contributed by atoms with Crippen molar-refractivity contribution in [2.45, 2.75) is 13.8 Å². The molecule has 0 saturated carbocycles. The first-order chi connectivity index (χ1) is 15.4. The summed E-state index contributed by atoms with van der Waals surface area (Å²) in [7, 11) is 4.59. The number of ether oxygens (including phenoxy) is 3. The van der Waals surface area contributed by atoms with Crippen LogP contribution in [0.3, 0.4) is 0 Å². The summed E-state index contributed by atoms with van der Waals surface area (Å²) in [6.45, 7) is 4.03. The lowest BCUT2D eigenvalue weighted by molar-refractivity contribution is 0.262. The van der Waals surface area contributed by atoms with Crippen LogP contribution in [0.5, 0.6) is 17.2 Å². The molecule has 0 bridgehead atoms. The molecule has 0 aliphatic heterocycles. The number of anilines is 2. The zero-order valence-corrected chi connectivity index (χ0v) is 20.1. The zero-order valence-electron chi connectivity index (χ0n) is 18.5. The topological polar surface area (TPSA) is 84.6 Å². The van der Waals surface area contributed by atoms with Crippen LogP contribution in [-0.4, -0.2) is 32.3 Å². The van der Waals surface area contributed by atoms with Crippen molar-refractivity contribution in [1.82, 2.24) is 4.98 Å². The van der Waals surface area contributed by atoms with E-state index in [-0.39, 0.29) is 6.03 Å². The summed E-state index contributed by atoms with van der Waals surface area (Å²) in [5.74, 6) is 1.38. The number of amides is 2. The standard InChI is InChI=1S/C24H24BrN3O4/c1-12-8-18(13(2)21-16-9-14(25)6-7-17(16)27-22(12)21)28-24(29)26-15-10-19(30-3)23(32-5)20(11-15)31-4/h6-11,27H,1-5H3,(H2,26,28,29). The van der Waals surface area contributed by atoms with E-state index in [4.69, 9.17) is 14.2 Å². The number of hydrogen-bond donors (Lipinski definition) is 3. The average Bonchev–Trinajstić information content (AvgIpc) is 3.15. The van der Waals surface area contributed by atoms with Gasteiger partial charge in [0, 0.05) is 44.1 Å². The lowest BCUT2D eigenvalue weighted by Gasteiger charge is -2.16. The molecule has 7 nitrogen and oxygen atoms in total. The molecule has 1 heterocycles. The number of H-pyrrole nitrogens is 1. The number of nitrogens with one attached hydrogen (secondary N) is 3. The number of aromatic amines is 1. The summed E-state index contributed by atoms with van der Waals surface area (Å²) in [4.78, 5) is 16.3. The van der Waals surface area contributed by atoms with Crippen molar-refractivity contribution < 1.29 is 19.0 Å². The fourth-order valence-electron chi connectivity index (χ4n) is 3.95. The van der Waals surface area contributed by atoms with Gasteiger partial charge in [-0.25, -0.2) is 4.79 Å². The van der Waals surface area contributed by atoms with Gasteiger partial charge in [-0.3, -0.25) is 0 Å². The van der Waals surface area contributed by atoms with Crippen molar-refractivity contribution in [1.29, 1.82) is 0 Å². The summed E-state index contributed by atoms with van der Waals surface area (Å²) in [6, 6.07) is 11.1. The number of halogens is 1. The fourth-order valence-corrected chi connectivity index (χ4v) is 4.31. The van der Waals surface area contributed by atoms with Gasteiger partial charge in [-0.2, -0.15) is 0 Å². The maximum Gasteiger partial charge on any atom is 0.323 e. The summed E-state index contributed by atoms with van der Waals surface area (Å²) < 4.78 is 17.1. The van der Waals surface area contributed by atoms with E-state index in [9.17, 15) is 4.79 Å². The molecule has 8 heteroatoms. The second kappa shape index (κ2) is 8.63. The Bertz CT molecular complexity index is 1320. The van der Waals surface area contributed by atoms with Crippen molar-refractivity contribution in [3.05, 3.63) is 52.0 Å². The van der Waals surface area contributed by atoms with Crippen molar-refractivity contribution >= 4 is 55.1 Å². The quantitative estimate of drug-likeness (QED) is 0.299. The molecule has 0 aliphatic rings. The van der Waals surface area contributed by atoms with Gasteiger partial charge >= 0.3 is 6.03 Å². The molecular formula is C24H24BrN3O4. The van der Waals surface area contributed by atoms with E-state index in [1.807, 2.05) is 32.0 Å². The van der Waals surface area contributed by atoms with E-state index in [0.717, 1.165) is 43.1 Å². The Balaban J connectivity index is 1.68. The first-order valence-corrected chi connectivity index (χ1v) is 10.7. The van der Waals surface area contributed by atoms with Crippen LogP contribution in [-0.2, 0) is 0 Å². The van der Waals surface area contributed by atoms with E-state index in [1.165, 1.54) is 21.3 Å². The summed E-state index contributed by atoms with van der Waals surface area (Å²) >= 11 is 3.55. The Kier molecular flexibility index (Phi) is 5.88. The van der Waals surface area contributed by atoms with Gasteiger partial charge in [-0.05, 0) is 49.2 Å². The molecule has 0 fully saturated rings. The van der Waals surface area contributed by atoms with Crippen LogP contribution in [0.15, 0.2) is 40.9 Å². The van der Waals surface area contributed by atoms with Crippen LogP contribution in [0.2, 0.25) is 0 Å². The number of carbonyl (C=O) groups excluding carboxylic acids is 1. The molecule has 0 atom stereocenters. The van der Waals surface area contributed by atoms with Gasteiger partial charge in [0.25, 0.3) is 0 Å². The highest BCUT2D eigenvalue weighted by atomic mass is 79.9. The van der Waals surface area contributed by atoms with E-state index in [0.29, 0.717) is 22.9 Å².